The Balaban J connectivity index is 3.03. The van der Waals surface area contributed by atoms with E-state index in [0.717, 1.165) is 6.42 Å². The number of alkyl halides is 3. The largest absolute Gasteiger partial charge is 0.451 e. The Morgan fingerprint density at radius 3 is 2.32 bits per heavy atom. The highest BCUT2D eigenvalue weighted by Crippen LogP contribution is 2.29. The van der Waals surface area contributed by atoms with Gasteiger partial charge in [0.25, 0.3) is 0 Å². The molecule has 1 rings (SSSR count). The third kappa shape index (κ3) is 4.53. The number of hydrogen-bond donors (Lipinski definition) is 0. The minimum Gasteiger partial charge on any atom is -0.357 e. The van der Waals surface area contributed by atoms with Crippen molar-refractivity contribution in [2.45, 2.75) is 39.4 Å². The van der Waals surface area contributed by atoms with Gasteiger partial charge in [-0.3, -0.25) is 0 Å². The summed E-state index contributed by atoms with van der Waals surface area (Å²) in [6.07, 6.45) is -3.75. The zero-order chi connectivity index (χ0) is 14.8. The summed E-state index contributed by atoms with van der Waals surface area (Å²) in [6, 6.07) is 1.40. The van der Waals surface area contributed by atoms with Gasteiger partial charge in [-0.1, -0.05) is 25.4 Å². The lowest BCUT2D eigenvalue weighted by atomic mass is 10.0. The normalized spacial score (nSPS) is 13.7. The fraction of sp³-hybridized carbons (Fsp3) is 0.667. The number of rotatable bonds is 4. The Morgan fingerprint density at radius 2 is 1.84 bits per heavy atom. The first-order chi connectivity index (χ1) is 8.61. The third-order valence-corrected chi connectivity index (χ3v) is 2.96. The van der Waals surface area contributed by atoms with Crippen molar-refractivity contribution in [2.24, 2.45) is 5.92 Å². The van der Waals surface area contributed by atoms with Crippen LogP contribution in [0.2, 0.25) is 5.15 Å². The highest BCUT2D eigenvalue weighted by atomic mass is 35.5. The molecule has 1 atom stereocenters. The monoisotopic (exact) mass is 295 g/mol. The van der Waals surface area contributed by atoms with Gasteiger partial charge in [0.1, 0.15) is 11.0 Å². The molecule has 7 heteroatoms. The second kappa shape index (κ2) is 5.94. The summed E-state index contributed by atoms with van der Waals surface area (Å²) in [5, 5.41) is -0.207. The van der Waals surface area contributed by atoms with E-state index in [4.69, 9.17) is 11.6 Å². The molecule has 0 amide bonds. The third-order valence-electron chi connectivity index (χ3n) is 2.77. The second-order valence-corrected chi connectivity index (χ2v) is 5.35. The maximum absolute atomic E-state index is 12.6. The van der Waals surface area contributed by atoms with Crippen molar-refractivity contribution < 1.29 is 13.2 Å². The Kier molecular flexibility index (Phi) is 5.01. The van der Waals surface area contributed by atoms with E-state index in [0.29, 0.717) is 5.92 Å². The van der Waals surface area contributed by atoms with Crippen molar-refractivity contribution in [3.63, 3.8) is 0 Å². The Labute approximate surface area is 115 Å². The number of anilines is 1. The van der Waals surface area contributed by atoms with E-state index in [1.165, 1.54) is 6.07 Å². The Morgan fingerprint density at radius 1 is 1.26 bits per heavy atom. The average Bonchev–Trinajstić information content (AvgIpc) is 2.25. The standard InChI is InChI=1S/C12H17ClF3N3/c1-7(2)5-8(3)19(4)10-6-9(13)17-11(18-10)12(14,15)16/h6-8H,5H2,1-4H3. The molecule has 0 fully saturated rings. The number of hydrogen-bond acceptors (Lipinski definition) is 3. The molecule has 0 aromatic carbocycles. The van der Waals surface area contributed by atoms with Crippen LogP contribution in [0.3, 0.4) is 0 Å². The maximum Gasteiger partial charge on any atom is 0.451 e. The van der Waals surface area contributed by atoms with Gasteiger partial charge in [-0.2, -0.15) is 13.2 Å². The Bertz CT molecular complexity index is 435. The molecule has 108 valence electrons. The van der Waals surface area contributed by atoms with E-state index in [9.17, 15) is 13.2 Å². The van der Waals surface area contributed by atoms with Crippen molar-refractivity contribution >= 4 is 17.4 Å². The fourth-order valence-electron chi connectivity index (χ4n) is 1.78. The van der Waals surface area contributed by atoms with Crippen LogP contribution < -0.4 is 4.90 Å². The van der Waals surface area contributed by atoms with E-state index in [2.05, 4.69) is 23.8 Å². The van der Waals surface area contributed by atoms with Gasteiger partial charge in [-0.15, -0.1) is 0 Å². The molecule has 0 saturated carbocycles. The number of aromatic nitrogens is 2. The van der Waals surface area contributed by atoms with Crippen molar-refractivity contribution in [3.8, 4) is 0 Å². The molecule has 0 saturated heterocycles. The first kappa shape index (κ1) is 16.0. The summed E-state index contributed by atoms with van der Waals surface area (Å²) < 4.78 is 37.9. The van der Waals surface area contributed by atoms with Crippen LogP contribution in [0.4, 0.5) is 19.0 Å². The molecule has 0 radical (unpaired) electrons. The summed E-state index contributed by atoms with van der Waals surface area (Å²) in [6.45, 7) is 6.04. The second-order valence-electron chi connectivity index (χ2n) is 4.96. The molecule has 0 spiro atoms. The van der Waals surface area contributed by atoms with Crippen molar-refractivity contribution in [3.05, 3.63) is 17.0 Å². The van der Waals surface area contributed by atoms with Gasteiger partial charge in [0, 0.05) is 19.2 Å². The van der Waals surface area contributed by atoms with Crippen molar-refractivity contribution in [2.75, 3.05) is 11.9 Å². The predicted molar refractivity (Wildman–Crippen MR) is 69.4 cm³/mol. The lowest BCUT2D eigenvalue weighted by Gasteiger charge is -2.27. The van der Waals surface area contributed by atoms with Crippen LogP contribution in [0, 0.1) is 5.92 Å². The Hall–Kier alpha value is -1.04. The average molecular weight is 296 g/mol. The highest BCUT2D eigenvalue weighted by Gasteiger charge is 2.35. The minimum atomic E-state index is -4.60. The molecule has 1 aromatic rings. The van der Waals surface area contributed by atoms with Crippen molar-refractivity contribution in [1.29, 1.82) is 0 Å². The fourth-order valence-corrected chi connectivity index (χ4v) is 1.96. The zero-order valence-electron chi connectivity index (χ0n) is 11.3. The van der Waals surface area contributed by atoms with E-state index in [-0.39, 0.29) is 17.0 Å². The van der Waals surface area contributed by atoms with Crippen molar-refractivity contribution in [1.82, 2.24) is 9.97 Å². The quantitative estimate of drug-likeness (QED) is 0.786. The minimum absolute atomic E-state index is 0.0621. The van der Waals surface area contributed by atoms with E-state index < -0.39 is 12.0 Å². The summed E-state index contributed by atoms with van der Waals surface area (Å²) in [5.74, 6) is -0.587. The molecular weight excluding hydrogens is 279 g/mol. The summed E-state index contributed by atoms with van der Waals surface area (Å²) >= 11 is 5.63. The van der Waals surface area contributed by atoms with Gasteiger partial charge >= 0.3 is 6.18 Å². The zero-order valence-corrected chi connectivity index (χ0v) is 12.0. The smallest absolute Gasteiger partial charge is 0.357 e. The van der Waals surface area contributed by atoms with Crippen LogP contribution in [0.15, 0.2) is 6.07 Å². The van der Waals surface area contributed by atoms with Crippen LogP contribution in [0.1, 0.15) is 33.0 Å². The number of nitrogens with zero attached hydrogens (tertiary/aromatic N) is 3. The molecule has 0 bridgehead atoms. The summed E-state index contributed by atoms with van der Waals surface area (Å²) in [5.41, 5.74) is 0. The molecular formula is C12H17ClF3N3. The topological polar surface area (TPSA) is 29.0 Å². The van der Waals surface area contributed by atoms with Crippen LogP contribution in [-0.2, 0) is 6.18 Å². The molecule has 3 nitrogen and oxygen atoms in total. The summed E-state index contributed by atoms with van der Waals surface area (Å²) in [7, 11) is 1.70. The van der Waals surface area contributed by atoms with E-state index in [1.54, 1.807) is 11.9 Å². The predicted octanol–water partition coefficient (Wildman–Crippen LogP) is 4.02. The van der Waals surface area contributed by atoms with Crippen LogP contribution in [0.5, 0.6) is 0 Å². The molecule has 0 aliphatic carbocycles. The van der Waals surface area contributed by atoms with Crippen LogP contribution in [0.25, 0.3) is 0 Å². The lowest BCUT2D eigenvalue weighted by Crippen LogP contribution is -2.31. The van der Waals surface area contributed by atoms with Gasteiger partial charge in [-0.25, -0.2) is 9.97 Å². The number of halogens is 4. The maximum atomic E-state index is 12.6. The molecule has 1 unspecified atom stereocenters. The first-order valence-electron chi connectivity index (χ1n) is 5.96. The molecule has 1 aromatic heterocycles. The van der Waals surface area contributed by atoms with Gasteiger partial charge in [0.15, 0.2) is 0 Å². The van der Waals surface area contributed by atoms with E-state index >= 15 is 0 Å². The molecule has 1 heterocycles. The molecule has 0 aliphatic heterocycles. The highest BCUT2D eigenvalue weighted by molar-refractivity contribution is 6.29. The summed E-state index contributed by atoms with van der Waals surface area (Å²) in [4.78, 5) is 8.43. The van der Waals surface area contributed by atoms with Crippen LogP contribution in [-0.4, -0.2) is 23.1 Å². The first-order valence-corrected chi connectivity index (χ1v) is 6.33. The van der Waals surface area contributed by atoms with Gasteiger partial charge < -0.3 is 4.90 Å². The SMILES string of the molecule is CC(C)CC(C)N(C)c1cc(Cl)nc(C(F)(F)F)n1. The van der Waals surface area contributed by atoms with Gasteiger partial charge in [0.2, 0.25) is 5.82 Å². The van der Waals surface area contributed by atoms with Gasteiger partial charge in [0.05, 0.1) is 0 Å². The van der Waals surface area contributed by atoms with Gasteiger partial charge in [-0.05, 0) is 19.3 Å². The molecule has 0 aliphatic rings. The lowest BCUT2D eigenvalue weighted by molar-refractivity contribution is -0.144. The molecule has 19 heavy (non-hydrogen) atoms. The van der Waals surface area contributed by atoms with Crippen LogP contribution >= 0.6 is 11.6 Å². The molecule has 0 N–H and O–H groups in total. The van der Waals surface area contributed by atoms with E-state index in [1.807, 2.05) is 6.92 Å².